The van der Waals surface area contributed by atoms with Gasteiger partial charge in [-0.25, -0.2) is 13.8 Å². The van der Waals surface area contributed by atoms with Gasteiger partial charge >= 0.3 is 0 Å². The van der Waals surface area contributed by atoms with Crippen molar-refractivity contribution in [1.82, 2.24) is 9.88 Å². The molecule has 0 atom stereocenters. The van der Waals surface area contributed by atoms with Crippen LogP contribution in [0, 0.1) is 11.6 Å². The van der Waals surface area contributed by atoms with E-state index in [1.807, 2.05) is 18.2 Å². The molecule has 2 N–H and O–H groups in total. The molecular formula is C20H21F2N3O. The summed E-state index contributed by atoms with van der Waals surface area (Å²) in [6, 6.07) is 13.8. The van der Waals surface area contributed by atoms with Crippen LogP contribution in [0.2, 0.25) is 0 Å². The third kappa shape index (κ3) is 4.74. The Morgan fingerprint density at radius 1 is 1.00 bits per heavy atom. The summed E-state index contributed by atoms with van der Waals surface area (Å²) in [6.07, 6.45) is 2.46. The standard InChI is InChI=1S/C20H21F2N3O/c21-18-7-6-16(12-19(18)22)20-24-17(14-26-20)13-25(11-9-23)10-8-15-4-2-1-3-5-15/h1-7,12,14H,8-11,13,23H2. The van der Waals surface area contributed by atoms with Crippen LogP contribution in [0.1, 0.15) is 11.3 Å². The summed E-state index contributed by atoms with van der Waals surface area (Å²) in [4.78, 5) is 6.58. The summed E-state index contributed by atoms with van der Waals surface area (Å²) in [6.45, 7) is 2.70. The second kappa shape index (κ2) is 8.69. The fourth-order valence-corrected chi connectivity index (χ4v) is 2.75. The Labute approximate surface area is 151 Å². The van der Waals surface area contributed by atoms with Crippen LogP contribution in [0.25, 0.3) is 11.5 Å². The summed E-state index contributed by atoms with van der Waals surface area (Å²) in [5.74, 6) is -1.54. The molecule has 136 valence electrons. The van der Waals surface area contributed by atoms with Gasteiger partial charge in [-0.1, -0.05) is 30.3 Å². The van der Waals surface area contributed by atoms with E-state index in [0.717, 1.165) is 37.3 Å². The predicted molar refractivity (Wildman–Crippen MR) is 96.3 cm³/mol. The zero-order chi connectivity index (χ0) is 18.4. The monoisotopic (exact) mass is 357 g/mol. The van der Waals surface area contributed by atoms with E-state index in [1.165, 1.54) is 11.6 Å². The van der Waals surface area contributed by atoms with Crippen LogP contribution in [0.5, 0.6) is 0 Å². The molecule has 1 heterocycles. The molecule has 2 aromatic carbocycles. The van der Waals surface area contributed by atoms with Gasteiger partial charge in [-0.15, -0.1) is 0 Å². The van der Waals surface area contributed by atoms with Crippen molar-refractivity contribution in [3.8, 4) is 11.5 Å². The van der Waals surface area contributed by atoms with Crippen molar-refractivity contribution in [2.45, 2.75) is 13.0 Å². The Hall–Kier alpha value is -2.57. The Morgan fingerprint density at radius 3 is 2.54 bits per heavy atom. The fourth-order valence-electron chi connectivity index (χ4n) is 2.75. The Morgan fingerprint density at radius 2 is 1.81 bits per heavy atom. The number of hydrogen-bond acceptors (Lipinski definition) is 4. The molecule has 0 radical (unpaired) electrons. The number of nitrogens with zero attached hydrogens (tertiary/aromatic N) is 2. The lowest BCUT2D eigenvalue weighted by Crippen LogP contribution is -2.31. The van der Waals surface area contributed by atoms with Gasteiger partial charge in [0.15, 0.2) is 11.6 Å². The van der Waals surface area contributed by atoms with Crippen LogP contribution < -0.4 is 5.73 Å². The van der Waals surface area contributed by atoms with Crippen molar-refractivity contribution >= 4 is 0 Å². The van der Waals surface area contributed by atoms with Crippen LogP contribution in [0.15, 0.2) is 59.2 Å². The number of aromatic nitrogens is 1. The molecule has 0 bridgehead atoms. The number of halogens is 2. The molecule has 0 fully saturated rings. The highest BCUT2D eigenvalue weighted by molar-refractivity contribution is 5.53. The molecule has 0 saturated carbocycles. The third-order valence-electron chi connectivity index (χ3n) is 4.11. The summed E-state index contributed by atoms with van der Waals surface area (Å²) in [5, 5.41) is 0. The fraction of sp³-hybridized carbons (Fsp3) is 0.250. The first-order chi connectivity index (χ1) is 12.7. The largest absolute Gasteiger partial charge is 0.444 e. The zero-order valence-corrected chi connectivity index (χ0v) is 14.4. The molecule has 0 aliphatic rings. The van der Waals surface area contributed by atoms with E-state index >= 15 is 0 Å². The lowest BCUT2D eigenvalue weighted by atomic mass is 10.1. The summed E-state index contributed by atoms with van der Waals surface area (Å²) >= 11 is 0. The second-order valence-electron chi connectivity index (χ2n) is 6.07. The van der Waals surface area contributed by atoms with Gasteiger partial charge in [0.05, 0.1) is 5.69 Å². The molecule has 3 rings (SSSR count). The van der Waals surface area contributed by atoms with Crippen LogP contribution in [-0.4, -0.2) is 29.5 Å². The van der Waals surface area contributed by atoms with Crippen LogP contribution in [0.4, 0.5) is 8.78 Å². The maximum atomic E-state index is 13.4. The van der Waals surface area contributed by atoms with Gasteiger partial charge in [0.2, 0.25) is 5.89 Å². The highest BCUT2D eigenvalue weighted by atomic mass is 19.2. The quantitative estimate of drug-likeness (QED) is 0.669. The van der Waals surface area contributed by atoms with Gasteiger partial charge in [-0.3, -0.25) is 4.90 Å². The molecule has 6 heteroatoms. The topological polar surface area (TPSA) is 55.3 Å². The summed E-state index contributed by atoms with van der Waals surface area (Å²) < 4.78 is 31.9. The zero-order valence-electron chi connectivity index (χ0n) is 14.4. The lowest BCUT2D eigenvalue weighted by Gasteiger charge is -2.20. The normalized spacial score (nSPS) is 11.2. The van der Waals surface area contributed by atoms with Gasteiger partial charge in [-0.05, 0) is 30.2 Å². The van der Waals surface area contributed by atoms with E-state index in [-0.39, 0.29) is 5.89 Å². The van der Waals surface area contributed by atoms with E-state index < -0.39 is 11.6 Å². The number of benzene rings is 2. The highest BCUT2D eigenvalue weighted by Gasteiger charge is 2.13. The molecule has 3 aromatic rings. The highest BCUT2D eigenvalue weighted by Crippen LogP contribution is 2.21. The maximum Gasteiger partial charge on any atom is 0.226 e. The lowest BCUT2D eigenvalue weighted by molar-refractivity contribution is 0.273. The number of oxazole rings is 1. The van der Waals surface area contributed by atoms with Crippen LogP contribution in [-0.2, 0) is 13.0 Å². The van der Waals surface area contributed by atoms with Crippen LogP contribution >= 0.6 is 0 Å². The van der Waals surface area contributed by atoms with E-state index in [4.69, 9.17) is 10.2 Å². The van der Waals surface area contributed by atoms with Crippen molar-refractivity contribution < 1.29 is 13.2 Å². The minimum Gasteiger partial charge on any atom is -0.444 e. The number of rotatable bonds is 8. The van der Waals surface area contributed by atoms with Gasteiger partial charge in [0.1, 0.15) is 6.26 Å². The smallest absolute Gasteiger partial charge is 0.226 e. The molecule has 0 unspecified atom stereocenters. The number of nitrogens with two attached hydrogens (primary N) is 1. The SMILES string of the molecule is NCCN(CCc1ccccc1)Cc1coc(-c2ccc(F)c(F)c2)n1. The minimum atomic E-state index is -0.921. The summed E-state index contributed by atoms with van der Waals surface area (Å²) in [7, 11) is 0. The molecule has 0 saturated heterocycles. The van der Waals surface area contributed by atoms with Crippen molar-refractivity contribution in [2.24, 2.45) is 5.73 Å². The van der Waals surface area contributed by atoms with E-state index in [9.17, 15) is 8.78 Å². The van der Waals surface area contributed by atoms with Crippen molar-refractivity contribution in [3.63, 3.8) is 0 Å². The molecule has 4 nitrogen and oxygen atoms in total. The first kappa shape index (κ1) is 18.2. The molecule has 0 spiro atoms. The first-order valence-electron chi connectivity index (χ1n) is 8.52. The third-order valence-corrected chi connectivity index (χ3v) is 4.11. The first-order valence-corrected chi connectivity index (χ1v) is 8.52. The van der Waals surface area contributed by atoms with E-state index in [0.29, 0.717) is 18.7 Å². The predicted octanol–water partition coefficient (Wildman–Crippen LogP) is 3.62. The Kier molecular flexibility index (Phi) is 6.09. The van der Waals surface area contributed by atoms with E-state index in [2.05, 4.69) is 22.0 Å². The van der Waals surface area contributed by atoms with Crippen molar-refractivity contribution in [1.29, 1.82) is 0 Å². The van der Waals surface area contributed by atoms with Crippen molar-refractivity contribution in [2.75, 3.05) is 19.6 Å². The Bertz CT molecular complexity index is 836. The Balaban J connectivity index is 1.65. The molecular weight excluding hydrogens is 336 g/mol. The van der Waals surface area contributed by atoms with Gasteiger partial charge in [-0.2, -0.15) is 0 Å². The van der Waals surface area contributed by atoms with Gasteiger partial charge in [0, 0.05) is 31.7 Å². The average Bonchev–Trinajstić information content (AvgIpc) is 3.11. The van der Waals surface area contributed by atoms with Crippen molar-refractivity contribution in [3.05, 3.63) is 77.7 Å². The summed E-state index contributed by atoms with van der Waals surface area (Å²) in [5.41, 5.74) is 8.11. The maximum absolute atomic E-state index is 13.4. The molecule has 0 amide bonds. The molecule has 0 aliphatic heterocycles. The van der Waals surface area contributed by atoms with Crippen LogP contribution in [0.3, 0.4) is 0 Å². The number of hydrogen-bond donors (Lipinski definition) is 1. The second-order valence-corrected chi connectivity index (χ2v) is 6.07. The van der Waals surface area contributed by atoms with Gasteiger partial charge < -0.3 is 10.2 Å². The molecule has 0 aliphatic carbocycles. The molecule has 26 heavy (non-hydrogen) atoms. The van der Waals surface area contributed by atoms with E-state index in [1.54, 1.807) is 6.26 Å². The minimum absolute atomic E-state index is 0.273. The average molecular weight is 357 g/mol. The van der Waals surface area contributed by atoms with Gasteiger partial charge in [0.25, 0.3) is 0 Å². The molecule has 1 aromatic heterocycles.